The molecule has 0 saturated carbocycles. The molecule has 0 bridgehead atoms. The molecule has 30 heavy (non-hydrogen) atoms. The average Bonchev–Trinajstić information content (AvgIpc) is 2.72. The summed E-state index contributed by atoms with van der Waals surface area (Å²) in [6.45, 7) is 4.64. The Morgan fingerprint density at radius 2 is 2.07 bits per heavy atom. The quantitative estimate of drug-likeness (QED) is 0.454. The first-order valence-electron chi connectivity index (χ1n) is 9.94. The normalized spacial score (nSPS) is 18.8. The van der Waals surface area contributed by atoms with Crippen molar-refractivity contribution in [3.63, 3.8) is 0 Å². The first-order valence-corrected chi connectivity index (χ1v) is 10.7. The van der Waals surface area contributed by atoms with Gasteiger partial charge in [-0.2, -0.15) is 0 Å². The number of phenols is 1. The molecule has 1 aliphatic carbocycles. The van der Waals surface area contributed by atoms with E-state index in [2.05, 4.69) is 21.2 Å². The summed E-state index contributed by atoms with van der Waals surface area (Å²) >= 11 is 3.34. The minimum atomic E-state index is -0.612. The van der Waals surface area contributed by atoms with Gasteiger partial charge in [0.2, 0.25) is 0 Å². The number of hydrogen-bond donors (Lipinski definition) is 2. The fourth-order valence-electron chi connectivity index (χ4n) is 3.92. The Bertz CT molecular complexity index is 920. The van der Waals surface area contributed by atoms with Gasteiger partial charge in [0.05, 0.1) is 23.8 Å². The highest BCUT2D eigenvalue weighted by Crippen LogP contribution is 2.46. The number of ether oxygens (including phenoxy) is 3. The van der Waals surface area contributed by atoms with E-state index in [0.717, 1.165) is 18.5 Å². The summed E-state index contributed by atoms with van der Waals surface area (Å²) in [4.78, 5) is 25.9. The van der Waals surface area contributed by atoms with Gasteiger partial charge in [0.1, 0.15) is 6.61 Å². The van der Waals surface area contributed by atoms with Gasteiger partial charge in [-0.05, 0) is 60.3 Å². The molecule has 7 nitrogen and oxygen atoms in total. The number of methoxy groups -OCH3 is 1. The van der Waals surface area contributed by atoms with E-state index in [1.165, 1.54) is 7.11 Å². The van der Waals surface area contributed by atoms with Crippen LogP contribution in [0.5, 0.6) is 11.5 Å². The van der Waals surface area contributed by atoms with Crippen molar-refractivity contribution in [3.8, 4) is 11.5 Å². The lowest BCUT2D eigenvalue weighted by Gasteiger charge is -2.34. The van der Waals surface area contributed by atoms with Gasteiger partial charge in [-0.15, -0.1) is 0 Å². The molecule has 1 aromatic rings. The number of aromatic hydroxyl groups is 1. The Labute approximate surface area is 184 Å². The van der Waals surface area contributed by atoms with Gasteiger partial charge in [-0.1, -0.05) is 0 Å². The van der Waals surface area contributed by atoms with Crippen molar-refractivity contribution >= 4 is 27.7 Å². The third-order valence-electron chi connectivity index (χ3n) is 5.26. The smallest absolute Gasteiger partial charge is 0.336 e. The number of Topliss-reactive ketones (excluding diaryl/α,β-unsaturated/α-hetero) is 1. The molecular formula is C22H26BrNO6. The number of phenolic OH excluding ortho intramolecular Hbond substituents is 1. The molecule has 1 unspecified atom stereocenters. The number of esters is 1. The van der Waals surface area contributed by atoms with E-state index in [1.54, 1.807) is 12.1 Å². The second-order valence-electron chi connectivity index (χ2n) is 7.15. The number of halogens is 1. The molecule has 1 aromatic carbocycles. The van der Waals surface area contributed by atoms with Crippen LogP contribution < -0.4 is 10.1 Å². The van der Waals surface area contributed by atoms with Crippen LogP contribution in [0.3, 0.4) is 0 Å². The molecule has 0 spiro atoms. The molecule has 0 radical (unpaired) electrons. The highest BCUT2D eigenvalue weighted by Gasteiger charge is 2.39. The number of allylic oxidation sites excluding steroid dienone is 3. The average molecular weight is 480 g/mol. The van der Waals surface area contributed by atoms with Crippen molar-refractivity contribution in [2.24, 2.45) is 0 Å². The van der Waals surface area contributed by atoms with Crippen LogP contribution in [0.1, 0.15) is 44.6 Å². The second kappa shape index (κ2) is 9.66. The molecular weight excluding hydrogens is 454 g/mol. The predicted molar refractivity (Wildman–Crippen MR) is 114 cm³/mol. The molecule has 1 aliphatic heterocycles. The molecule has 2 N–H and O–H groups in total. The first-order chi connectivity index (χ1) is 14.4. The Kier molecular flexibility index (Phi) is 7.20. The van der Waals surface area contributed by atoms with Crippen LogP contribution in [0.15, 0.2) is 39.1 Å². The van der Waals surface area contributed by atoms with Gasteiger partial charge in [-0.3, -0.25) is 4.79 Å². The van der Waals surface area contributed by atoms with Gasteiger partial charge in [0.15, 0.2) is 17.3 Å². The highest BCUT2D eigenvalue weighted by atomic mass is 79.9. The number of ketones is 1. The zero-order chi connectivity index (χ0) is 21.8. The number of dihydropyridines is 1. The maximum atomic E-state index is 13.0. The largest absolute Gasteiger partial charge is 0.503 e. The van der Waals surface area contributed by atoms with E-state index in [-0.39, 0.29) is 23.9 Å². The molecule has 0 fully saturated rings. The third-order valence-corrected chi connectivity index (χ3v) is 5.87. The maximum Gasteiger partial charge on any atom is 0.336 e. The highest BCUT2D eigenvalue weighted by molar-refractivity contribution is 9.10. The number of hydrogen-bond acceptors (Lipinski definition) is 7. The van der Waals surface area contributed by atoms with E-state index in [4.69, 9.17) is 14.2 Å². The van der Waals surface area contributed by atoms with Crippen molar-refractivity contribution in [2.45, 2.75) is 39.0 Å². The van der Waals surface area contributed by atoms with Crippen LogP contribution in [-0.2, 0) is 19.1 Å². The summed E-state index contributed by atoms with van der Waals surface area (Å²) in [5.41, 5.74) is 3.10. The summed E-state index contributed by atoms with van der Waals surface area (Å²) in [6, 6.07) is 3.37. The lowest BCUT2D eigenvalue weighted by Crippen LogP contribution is -2.34. The molecule has 3 rings (SSSR count). The Morgan fingerprint density at radius 3 is 2.77 bits per heavy atom. The van der Waals surface area contributed by atoms with Gasteiger partial charge in [0, 0.05) is 35.9 Å². The molecule has 0 saturated heterocycles. The maximum absolute atomic E-state index is 13.0. The van der Waals surface area contributed by atoms with Crippen molar-refractivity contribution in [2.75, 3.05) is 26.9 Å². The van der Waals surface area contributed by atoms with Gasteiger partial charge < -0.3 is 24.6 Å². The fraction of sp³-hybridized carbons (Fsp3) is 0.455. The zero-order valence-electron chi connectivity index (χ0n) is 17.3. The van der Waals surface area contributed by atoms with Gasteiger partial charge in [0.25, 0.3) is 0 Å². The number of nitrogens with one attached hydrogen (secondary N) is 1. The predicted octanol–water partition coefficient (Wildman–Crippen LogP) is 3.71. The third kappa shape index (κ3) is 4.39. The van der Waals surface area contributed by atoms with Crippen molar-refractivity contribution in [1.29, 1.82) is 0 Å². The number of carbonyl (C=O) groups excluding carboxylic acids is 2. The van der Waals surface area contributed by atoms with E-state index in [0.29, 0.717) is 46.5 Å². The number of benzene rings is 1. The molecule has 1 heterocycles. The summed E-state index contributed by atoms with van der Waals surface area (Å²) in [5.74, 6) is -0.896. The van der Waals surface area contributed by atoms with Crippen LogP contribution >= 0.6 is 15.9 Å². The van der Waals surface area contributed by atoms with Crippen molar-refractivity contribution < 1.29 is 28.9 Å². The monoisotopic (exact) mass is 479 g/mol. The van der Waals surface area contributed by atoms with Crippen LogP contribution in [0, 0.1) is 0 Å². The van der Waals surface area contributed by atoms with Crippen LogP contribution in [-0.4, -0.2) is 43.8 Å². The minimum Gasteiger partial charge on any atom is -0.503 e. The number of carbonyl (C=O) groups is 2. The summed E-state index contributed by atoms with van der Waals surface area (Å²) in [5, 5.41) is 13.5. The lowest BCUT2D eigenvalue weighted by molar-refractivity contribution is -0.140. The molecule has 1 atom stereocenters. The van der Waals surface area contributed by atoms with Crippen molar-refractivity contribution in [1.82, 2.24) is 5.32 Å². The molecule has 8 heteroatoms. The topological polar surface area (TPSA) is 94.1 Å². The summed E-state index contributed by atoms with van der Waals surface area (Å²) in [6.07, 6.45) is 1.93. The van der Waals surface area contributed by atoms with Gasteiger partial charge in [-0.25, -0.2) is 4.79 Å². The SMILES string of the molecule is CCOCCOC(=O)C1=C(C)NC2=C(C(=O)CCC2)C1c1cc(Br)c(O)c(OC)c1. The Balaban J connectivity index is 2.08. The van der Waals surface area contributed by atoms with E-state index >= 15 is 0 Å². The van der Waals surface area contributed by atoms with E-state index in [9.17, 15) is 14.7 Å². The van der Waals surface area contributed by atoms with Crippen LogP contribution in [0.4, 0.5) is 0 Å². The molecule has 0 aromatic heterocycles. The molecule has 0 amide bonds. The second-order valence-corrected chi connectivity index (χ2v) is 8.01. The Hall–Kier alpha value is -2.32. The van der Waals surface area contributed by atoms with Gasteiger partial charge >= 0.3 is 5.97 Å². The summed E-state index contributed by atoms with van der Waals surface area (Å²) in [7, 11) is 1.45. The Morgan fingerprint density at radius 1 is 1.30 bits per heavy atom. The zero-order valence-corrected chi connectivity index (χ0v) is 18.9. The minimum absolute atomic E-state index is 0.00373. The van der Waals surface area contributed by atoms with Crippen molar-refractivity contribution in [3.05, 3.63) is 44.7 Å². The van der Waals surface area contributed by atoms with Crippen LogP contribution in [0.2, 0.25) is 0 Å². The fourth-order valence-corrected chi connectivity index (χ4v) is 4.38. The lowest BCUT2D eigenvalue weighted by atomic mass is 9.75. The van der Waals surface area contributed by atoms with E-state index in [1.807, 2.05) is 13.8 Å². The van der Waals surface area contributed by atoms with E-state index < -0.39 is 11.9 Å². The standard InChI is InChI=1S/C22H26BrNO6/c1-4-29-8-9-30-22(27)18-12(2)24-15-6-5-7-16(25)20(15)19(18)13-10-14(23)21(26)17(11-13)28-3/h10-11,19,24,26H,4-9H2,1-3H3. The summed E-state index contributed by atoms with van der Waals surface area (Å²) < 4.78 is 16.4. The number of rotatable bonds is 7. The van der Waals surface area contributed by atoms with Crippen LogP contribution in [0.25, 0.3) is 0 Å². The first kappa shape index (κ1) is 22.4. The molecule has 162 valence electrons. The molecule has 2 aliphatic rings.